The van der Waals surface area contributed by atoms with Crippen molar-refractivity contribution < 1.29 is 19.2 Å². The Morgan fingerprint density at radius 3 is 2.44 bits per heavy atom. The number of hydrazone groups is 1. The molecule has 0 aliphatic carbocycles. The Labute approximate surface area is 209 Å². The molecule has 0 atom stereocenters. The predicted molar refractivity (Wildman–Crippen MR) is 134 cm³/mol. The highest BCUT2D eigenvalue weighted by Gasteiger charge is 2.13. The fourth-order valence-corrected chi connectivity index (χ4v) is 3.48. The van der Waals surface area contributed by atoms with Crippen LogP contribution in [0.25, 0.3) is 0 Å². The summed E-state index contributed by atoms with van der Waals surface area (Å²) in [5.74, 6) is 0.510. The summed E-state index contributed by atoms with van der Waals surface area (Å²) in [6.45, 7) is 2.36. The summed E-state index contributed by atoms with van der Waals surface area (Å²) in [4.78, 5) is 22.4. The minimum atomic E-state index is -0.460. The van der Waals surface area contributed by atoms with Crippen LogP contribution >= 0.6 is 27.5 Å². The lowest BCUT2D eigenvalue weighted by molar-refractivity contribution is -0.384. The van der Waals surface area contributed by atoms with E-state index in [2.05, 4.69) is 26.5 Å². The molecule has 0 saturated heterocycles. The number of non-ortho nitro benzene ring substituents is 1. The number of ether oxygens (including phenoxy) is 2. The highest BCUT2D eigenvalue weighted by atomic mass is 79.9. The van der Waals surface area contributed by atoms with Gasteiger partial charge in [0, 0.05) is 16.6 Å². The molecule has 3 aromatic carbocycles. The number of nitro benzene ring substituents is 1. The lowest BCUT2D eigenvalue weighted by atomic mass is 10.1. The van der Waals surface area contributed by atoms with Crippen molar-refractivity contribution in [1.29, 1.82) is 0 Å². The molecule has 0 bridgehead atoms. The van der Waals surface area contributed by atoms with Crippen LogP contribution in [0.5, 0.6) is 11.5 Å². The lowest BCUT2D eigenvalue weighted by Gasteiger charge is -2.14. The Balaban J connectivity index is 1.65. The van der Waals surface area contributed by atoms with Crippen LogP contribution in [0, 0.1) is 10.1 Å². The number of nitrogens with zero attached hydrogens (tertiary/aromatic N) is 2. The molecule has 0 saturated carbocycles. The molecule has 0 heterocycles. The molecule has 1 N–H and O–H groups in total. The average Bonchev–Trinajstić information content (AvgIpc) is 2.80. The van der Waals surface area contributed by atoms with E-state index in [0.717, 1.165) is 15.6 Å². The molecule has 3 aromatic rings. The zero-order chi connectivity index (χ0) is 24.5. The van der Waals surface area contributed by atoms with Gasteiger partial charge in [-0.05, 0) is 60.0 Å². The SMILES string of the molecule is CCOc1cc(/C=N\NC(=O)Cc2ccc(Br)cc2)cc(Cl)c1OCc1ccc([N+](=O)[O-])cc1. The second kappa shape index (κ2) is 12.2. The average molecular weight is 547 g/mol. The Morgan fingerprint density at radius 2 is 1.79 bits per heavy atom. The van der Waals surface area contributed by atoms with Crippen molar-refractivity contribution >= 4 is 45.3 Å². The molecule has 0 aliphatic heterocycles. The number of rotatable bonds is 10. The van der Waals surface area contributed by atoms with Gasteiger partial charge < -0.3 is 9.47 Å². The Hall–Kier alpha value is -3.43. The molecule has 0 aliphatic rings. The molecule has 0 radical (unpaired) electrons. The number of nitro groups is 1. The van der Waals surface area contributed by atoms with Crippen LogP contribution in [0.3, 0.4) is 0 Å². The minimum Gasteiger partial charge on any atom is -0.490 e. The molecule has 3 rings (SSSR count). The molecular weight excluding hydrogens is 526 g/mol. The van der Waals surface area contributed by atoms with Crippen molar-refractivity contribution in [2.75, 3.05) is 6.61 Å². The van der Waals surface area contributed by atoms with E-state index >= 15 is 0 Å². The highest BCUT2D eigenvalue weighted by molar-refractivity contribution is 9.10. The molecule has 0 aromatic heterocycles. The van der Waals surface area contributed by atoms with Gasteiger partial charge in [-0.2, -0.15) is 5.10 Å². The number of carbonyl (C=O) groups is 1. The summed E-state index contributed by atoms with van der Waals surface area (Å²) in [5.41, 5.74) is 4.72. The van der Waals surface area contributed by atoms with Gasteiger partial charge in [-0.25, -0.2) is 5.43 Å². The van der Waals surface area contributed by atoms with Crippen molar-refractivity contribution in [2.45, 2.75) is 20.0 Å². The zero-order valence-electron chi connectivity index (χ0n) is 18.2. The van der Waals surface area contributed by atoms with E-state index in [9.17, 15) is 14.9 Å². The van der Waals surface area contributed by atoms with E-state index in [0.29, 0.717) is 28.7 Å². The maximum atomic E-state index is 12.1. The fourth-order valence-electron chi connectivity index (χ4n) is 2.94. The fraction of sp³-hybridized carbons (Fsp3) is 0.167. The summed E-state index contributed by atoms with van der Waals surface area (Å²) in [5, 5.41) is 15.1. The molecule has 176 valence electrons. The first-order valence-electron chi connectivity index (χ1n) is 10.2. The van der Waals surface area contributed by atoms with E-state index in [1.807, 2.05) is 31.2 Å². The first kappa shape index (κ1) is 25.2. The second-order valence-electron chi connectivity index (χ2n) is 7.07. The largest absolute Gasteiger partial charge is 0.490 e. The number of carbonyl (C=O) groups excluding carboxylic acids is 1. The van der Waals surface area contributed by atoms with Gasteiger partial charge in [0.05, 0.1) is 29.2 Å². The third kappa shape index (κ3) is 7.29. The molecule has 0 fully saturated rings. The number of nitrogens with one attached hydrogen (secondary N) is 1. The number of hydrogen-bond donors (Lipinski definition) is 1. The summed E-state index contributed by atoms with van der Waals surface area (Å²) in [6.07, 6.45) is 1.67. The third-order valence-electron chi connectivity index (χ3n) is 4.54. The minimum absolute atomic E-state index is 0.00404. The Bertz CT molecular complexity index is 1180. The van der Waals surface area contributed by atoms with E-state index in [1.54, 1.807) is 24.3 Å². The Kier molecular flexibility index (Phi) is 9.00. The van der Waals surface area contributed by atoms with E-state index in [1.165, 1.54) is 18.3 Å². The predicted octanol–water partition coefficient (Wildman–Crippen LogP) is 5.68. The van der Waals surface area contributed by atoms with Crippen LogP contribution in [-0.4, -0.2) is 23.7 Å². The normalized spacial score (nSPS) is 10.8. The summed E-state index contributed by atoms with van der Waals surface area (Å²) < 4.78 is 12.4. The summed E-state index contributed by atoms with van der Waals surface area (Å²) >= 11 is 9.78. The van der Waals surface area contributed by atoms with Gasteiger partial charge in [-0.1, -0.05) is 39.7 Å². The molecule has 0 unspecified atom stereocenters. The topological polar surface area (TPSA) is 103 Å². The molecule has 0 spiro atoms. The van der Waals surface area contributed by atoms with Crippen LogP contribution in [0.1, 0.15) is 23.6 Å². The first-order chi connectivity index (χ1) is 16.4. The monoisotopic (exact) mass is 545 g/mol. The van der Waals surface area contributed by atoms with Crippen LogP contribution in [0.15, 0.2) is 70.2 Å². The maximum absolute atomic E-state index is 12.1. The van der Waals surface area contributed by atoms with Gasteiger partial charge in [0.1, 0.15) is 6.61 Å². The first-order valence-corrected chi connectivity index (χ1v) is 11.4. The second-order valence-corrected chi connectivity index (χ2v) is 8.39. The molecule has 8 nitrogen and oxygen atoms in total. The number of halogens is 2. The summed E-state index contributed by atoms with van der Waals surface area (Å²) in [6, 6.07) is 16.8. The lowest BCUT2D eigenvalue weighted by Crippen LogP contribution is -2.19. The van der Waals surface area contributed by atoms with Crippen molar-refractivity contribution in [3.05, 3.63) is 97.0 Å². The van der Waals surface area contributed by atoms with Gasteiger partial charge in [-0.3, -0.25) is 14.9 Å². The highest BCUT2D eigenvalue weighted by Crippen LogP contribution is 2.37. The van der Waals surface area contributed by atoms with Crippen LogP contribution in [0.4, 0.5) is 5.69 Å². The van der Waals surface area contributed by atoms with Crippen molar-refractivity contribution in [3.8, 4) is 11.5 Å². The quantitative estimate of drug-likeness (QED) is 0.200. The van der Waals surface area contributed by atoms with Crippen molar-refractivity contribution in [3.63, 3.8) is 0 Å². The number of hydrogen-bond acceptors (Lipinski definition) is 6. The van der Waals surface area contributed by atoms with Gasteiger partial charge in [0.2, 0.25) is 5.91 Å². The molecule has 34 heavy (non-hydrogen) atoms. The third-order valence-corrected chi connectivity index (χ3v) is 5.35. The number of benzene rings is 3. The molecule has 10 heteroatoms. The van der Waals surface area contributed by atoms with Gasteiger partial charge in [-0.15, -0.1) is 0 Å². The van der Waals surface area contributed by atoms with Crippen LogP contribution in [-0.2, 0) is 17.8 Å². The van der Waals surface area contributed by atoms with E-state index < -0.39 is 4.92 Å². The van der Waals surface area contributed by atoms with Gasteiger partial charge >= 0.3 is 0 Å². The summed E-state index contributed by atoms with van der Waals surface area (Å²) in [7, 11) is 0. The van der Waals surface area contributed by atoms with E-state index in [-0.39, 0.29) is 24.6 Å². The zero-order valence-corrected chi connectivity index (χ0v) is 20.5. The standard InChI is InChI=1S/C24H21BrClN3O5/c1-2-33-22-12-18(14-27-28-23(30)13-16-3-7-19(25)8-4-16)11-21(26)24(22)34-15-17-5-9-20(10-6-17)29(31)32/h3-12,14H,2,13,15H2,1H3,(H,28,30)/b27-14-. The van der Waals surface area contributed by atoms with Gasteiger partial charge in [0.25, 0.3) is 5.69 Å². The smallest absolute Gasteiger partial charge is 0.269 e. The van der Waals surface area contributed by atoms with Crippen LogP contribution < -0.4 is 14.9 Å². The van der Waals surface area contributed by atoms with E-state index in [4.69, 9.17) is 21.1 Å². The number of amides is 1. The van der Waals surface area contributed by atoms with Crippen LogP contribution in [0.2, 0.25) is 5.02 Å². The van der Waals surface area contributed by atoms with Gasteiger partial charge in [0.15, 0.2) is 11.5 Å². The maximum Gasteiger partial charge on any atom is 0.269 e. The van der Waals surface area contributed by atoms with Crippen molar-refractivity contribution in [2.24, 2.45) is 5.10 Å². The Morgan fingerprint density at radius 1 is 1.12 bits per heavy atom. The van der Waals surface area contributed by atoms with Crippen molar-refractivity contribution in [1.82, 2.24) is 5.43 Å². The molecule has 1 amide bonds. The molecular formula is C24H21BrClN3O5.